The number of carboxylic acids is 1. The zero-order valence-electron chi connectivity index (χ0n) is 11.9. The fourth-order valence-corrected chi connectivity index (χ4v) is 3.03. The maximum atomic E-state index is 12.1. The Morgan fingerprint density at radius 2 is 2.20 bits per heavy atom. The van der Waals surface area contributed by atoms with Crippen LogP contribution in [0.3, 0.4) is 0 Å². The molecule has 6 heteroatoms. The molecule has 1 aliphatic rings. The minimum Gasteiger partial charge on any atom is -0.481 e. The molecule has 0 radical (unpaired) electrons. The molecule has 3 unspecified atom stereocenters. The van der Waals surface area contributed by atoms with E-state index in [1.165, 1.54) is 0 Å². The van der Waals surface area contributed by atoms with Crippen molar-refractivity contribution in [1.82, 2.24) is 14.7 Å². The van der Waals surface area contributed by atoms with Gasteiger partial charge in [-0.05, 0) is 25.3 Å². The maximum Gasteiger partial charge on any atom is 0.308 e. The second-order valence-electron chi connectivity index (χ2n) is 5.50. The van der Waals surface area contributed by atoms with Crippen LogP contribution in [-0.2, 0) is 16.1 Å². The number of hydrogen-bond acceptors (Lipinski definition) is 3. The average Bonchev–Trinajstić information content (AvgIpc) is 2.85. The molecule has 1 saturated heterocycles. The lowest BCUT2D eigenvalue weighted by atomic mass is 9.81. The van der Waals surface area contributed by atoms with E-state index in [1.54, 1.807) is 11.1 Å². The Kier molecular flexibility index (Phi) is 4.42. The van der Waals surface area contributed by atoms with E-state index in [1.807, 2.05) is 30.8 Å². The predicted molar refractivity (Wildman–Crippen MR) is 72.9 cm³/mol. The summed E-state index contributed by atoms with van der Waals surface area (Å²) in [7, 11) is 0. The molecular formula is C14H21N3O3. The smallest absolute Gasteiger partial charge is 0.308 e. The molecule has 0 aromatic carbocycles. The lowest BCUT2D eigenvalue weighted by molar-refractivity contribution is -0.154. The average molecular weight is 279 g/mol. The summed E-state index contributed by atoms with van der Waals surface area (Å²) < 4.78 is 1.82. The van der Waals surface area contributed by atoms with Crippen LogP contribution in [0.1, 0.15) is 26.7 Å². The molecular weight excluding hydrogens is 258 g/mol. The zero-order valence-corrected chi connectivity index (χ0v) is 11.9. The van der Waals surface area contributed by atoms with Crippen molar-refractivity contribution in [3.05, 3.63) is 18.5 Å². The van der Waals surface area contributed by atoms with Crippen LogP contribution in [0.15, 0.2) is 18.5 Å². The van der Waals surface area contributed by atoms with Crippen LogP contribution >= 0.6 is 0 Å². The van der Waals surface area contributed by atoms with Crippen LogP contribution in [0.5, 0.6) is 0 Å². The highest BCUT2D eigenvalue weighted by atomic mass is 16.4. The molecule has 0 bridgehead atoms. The number of carbonyl (C=O) groups excluding carboxylic acids is 1. The molecule has 2 rings (SSSR count). The van der Waals surface area contributed by atoms with Crippen molar-refractivity contribution in [2.75, 3.05) is 6.54 Å². The fourth-order valence-electron chi connectivity index (χ4n) is 3.03. The summed E-state index contributed by atoms with van der Waals surface area (Å²) in [5, 5.41) is 13.4. The van der Waals surface area contributed by atoms with Gasteiger partial charge < -0.3 is 10.0 Å². The van der Waals surface area contributed by atoms with Crippen molar-refractivity contribution < 1.29 is 14.7 Å². The van der Waals surface area contributed by atoms with E-state index < -0.39 is 11.9 Å². The summed E-state index contributed by atoms with van der Waals surface area (Å²) >= 11 is 0. The summed E-state index contributed by atoms with van der Waals surface area (Å²) in [6.07, 6.45) is 4.70. The third kappa shape index (κ3) is 3.00. The molecule has 0 saturated carbocycles. The Labute approximate surface area is 118 Å². The SMILES string of the molecule is CC1CC(=O)N(CCCn2cccn2)C(C)C1C(=O)O. The Bertz CT molecular complexity index is 472. The van der Waals surface area contributed by atoms with Gasteiger partial charge in [0.05, 0.1) is 5.92 Å². The summed E-state index contributed by atoms with van der Waals surface area (Å²) in [6.45, 7) is 4.99. The minimum absolute atomic E-state index is 0.0583. The van der Waals surface area contributed by atoms with Crippen molar-refractivity contribution in [3.63, 3.8) is 0 Å². The molecule has 0 spiro atoms. The molecule has 1 fully saturated rings. The number of amides is 1. The van der Waals surface area contributed by atoms with Gasteiger partial charge in [-0.2, -0.15) is 5.10 Å². The quantitative estimate of drug-likeness (QED) is 0.879. The van der Waals surface area contributed by atoms with E-state index in [4.69, 9.17) is 0 Å². The topological polar surface area (TPSA) is 75.4 Å². The van der Waals surface area contributed by atoms with Gasteiger partial charge in [0.25, 0.3) is 0 Å². The normalized spacial score (nSPS) is 26.8. The van der Waals surface area contributed by atoms with Gasteiger partial charge in [-0.3, -0.25) is 14.3 Å². The van der Waals surface area contributed by atoms with E-state index in [2.05, 4.69) is 5.10 Å². The molecule has 110 valence electrons. The molecule has 1 aromatic rings. The van der Waals surface area contributed by atoms with Gasteiger partial charge in [-0.25, -0.2) is 0 Å². The predicted octanol–water partition coefficient (Wildman–Crippen LogP) is 1.23. The van der Waals surface area contributed by atoms with E-state index in [9.17, 15) is 14.7 Å². The number of carboxylic acid groups (broad SMARTS) is 1. The van der Waals surface area contributed by atoms with Crippen LogP contribution in [-0.4, -0.2) is 44.3 Å². The lowest BCUT2D eigenvalue weighted by Crippen LogP contribution is -2.53. The number of aliphatic carboxylic acids is 1. The number of rotatable bonds is 5. The number of hydrogen-bond donors (Lipinski definition) is 1. The second kappa shape index (κ2) is 6.07. The molecule has 1 aliphatic heterocycles. The molecule has 3 atom stereocenters. The highest BCUT2D eigenvalue weighted by molar-refractivity contribution is 5.81. The Balaban J connectivity index is 1.95. The lowest BCUT2D eigenvalue weighted by Gasteiger charge is -2.40. The Morgan fingerprint density at radius 3 is 2.80 bits per heavy atom. The first-order valence-corrected chi connectivity index (χ1v) is 7.00. The minimum atomic E-state index is -0.811. The molecule has 6 nitrogen and oxygen atoms in total. The number of likely N-dealkylation sites (tertiary alicyclic amines) is 1. The number of carbonyl (C=O) groups is 2. The van der Waals surface area contributed by atoms with E-state index in [-0.39, 0.29) is 17.9 Å². The molecule has 1 aromatic heterocycles. The molecule has 1 amide bonds. The van der Waals surface area contributed by atoms with Gasteiger partial charge >= 0.3 is 5.97 Å². The number of aromatic nitrogens is 2. The van der Waals surface area contributed by atoms with Crippen LogP contribution in [0.25, 0.3) is 0 Å². The second-order valence-corrected chi connectivity index (χ2v) is 5.50. The van der Waals surface area contributed by atoms with Crippen molar-refractivity contribution in [1.29, 1.82) is 0 Å². The van der Waals surface area contributed by atoms with E-state index in [0.717, 1.165) is 13.0 Å². The summed E-state index contributed by atoms with van der Waals surface area (Å²) in [5.74, 6) is -1.33. The van der Waals surface area contributed by atoms with Crippen LogP contribution in [0, 0.1) is 11.8 Å². The van der Waals surface area contributed by atoms with Gasteiger partial charge in [-0.15, -0.1) is 0 Å². The highest BCUT2D eigenvalue weighted by Gasteiger charge is 2.41. The first-order chi connectivity index (χ1) is 9.50. The zero-order chi connectivity index (χ0) is 14.7. The monoisotopic (exact) mass is 279 g/mol. The molecule has 0 aliphatic carbocycles. The number of nitrogens with zero attached hydrogens (tertiary/aromatic N) is 3. The van der Waals surface area contributed by atoms with E-state index in [0.29, 0.717) is 13.0 Å². The molecule has 1 N–H and O–H groups in total. The van der Waals surface area contributed by atoms with Gasteiger partial charge in [0.15, 0.2) is 0 Å². The van der Waals surface area contributed by atoms with Crippen LogP contribution < -0.4 is 0 Å². The van der Waals surface area contributed by atoms with Gasteiger partial charge in [0, 0.05) is 37.9 Å². The maximum absolute atomic E-state index is 12.1. The summed E-state index contributed by atoms with van der Waals surface area (Å²) in [6, 6.07) is 1.61. The third-order valence-electron chi connectivity index (χ3n) is 4.07. The van der Waals surface area contributed by atoms with Crippen molar-refractivity contribution in [3.8, 4) is 0 Å². The first-order valence-electron chi connectivity index (χ1n) is 7.00. The molecule has 20 heavy (non-hydrogen) atoms. The summed E-state index contributed by atoms with van der Waals surface area (Å²) in [4.78, 5) is 25.1. The Hall–Kier alpha value is -1.85. The third-order valence-corrected chi connectivity index (χ3v) is 4.07. The first kappa shape index (κ1) is 14.6. The molecule has 2 heterocycles. The van der Waals surface area contributed by atoms with Crippen LogP contribution in [0.4, 0.5) is 0 Å². The Morgan fingerprint density at radius 1 is 1.45 bits per heavy atom. The summed E-state index contributed by atoms with van der Waals surface area (Å²) in [5.41, 5.74) is 0. The van der Waals surface area contributed by atoms with Gasteiger partial charge in [0.1, 0.15) is 0 Å². The largest absolute Gasteiger partial charge is 0.481 e. The van der Waals surface area contributed by atoms with Gasteiger partial charge in [-0.1, -0.05) is 6.92 Å². The van der Waals surface area contributed by atoms with E-state index >= 15 is 0 Å². The van der Waals surface area contributed by atoms with Crippen LogP contribution in [0.2, 0.25) is 0 Å². The standard InChI is InChI=1S/C14H21N3O3/c1-10-9-12(18)17(11(2)13(10)14(19)20)8-4-7-16-6-3-5-15-16/h3,5-6,10-11,13H,4,7-9H2,1-2H3,(H,19,20). The number of aryl methyl sites for hydroxylation is 1. The fraction of sp³-hybridized carbons (Fsp3) is 0.643. The van der Waals surface area contributed by atoms with Crippen molar-refractivity contribution in [2.45, 2.75) is 39.3 Å². The van der Waals surface area contributed by atoms with Gasteiger partial charge in [0.2, 0.25) is 5.91 Å². The highest BCUT2D eigenvalue weighted by Crippen LogP contribution is 2.30. The van der Waals surface area contributed by atoms with Crippen molar-refractivity contribution in [2.24, 2.45) is 11.8 Å². The van der Waals surface area contributed by atoms with Crippen molar-refractivity contribution >= 4 is 11.9 Å². The number of piperidine rings is 1.